The van der Waals surface area contributed by atoms with Crippen LogP contribution in [0.3, 0.4) is 0 Å². The summed E-state index contributed by atoms with van der Waals surface area (Å²) in [4.78, 5) is 0. The molecule has 0 unspecified atom stereocenters. The van der Waals surface area contributed by atoms with Crippen LogP contribution in [0.1, 0.15) is 52.1 Å². The molecule has 0 N–H and O–H groups in total. The highest BCUT2D eigenvalue weighted by Gasteiger charge is 2.28. The van der Waals surface area contributed by atoms with Gasteiger partial charge in [-0.15, -0.1) is 0 Å². The summed E-state index contributed by atoms with van der Waals surface area (Å²) in [6.07, 6.45) is 4.77. The van der Waals surface area contributed by atoms with Crippen molar-refractivity contribution in [1.29, 1.82) is 0 Å². The minimum absolute atomic E-state index is 0.848. The summed E-state index contributed by atoms with van der Waals surface area (Å²) in [5, 5.41) is 0. The number of hydrogen-bond acceptors (Lipinski definition) is 0. The fraction of sp³-hybridized carbons (Fsp3) is 0.467. The van der Waals surface area contributed by atoms with Gasteiger partial charge in [-0.25, -0.2) is 0 Å². The maximum Gasteiger partial charge on any atom is -0.0156 e. The predicted molar refractivity (Wildman–Crippen MR) is 67.5 cm³/mol. The Bertz CT molecular complexity index is 391. The molecule has 0 aromatic heterocycles. The van der Waals surface area contributed by atoms with E-state index in [1.165, 1.54) is 40.7 Å². The molecular weight excluding hydrogens is 180 g/mol. The van der Waals surface area contributed by atoms with Crippen LogP contribution in [0.5, 0.6) is 0 Å². The van der Waals surface area contributed by atoms with E-state index in [9.17, 15) is 0 Å². The molecule has 2 rings (SSSR count). The smallest absolute Gasteiger partial charge is 0.0156 e. The number of rotatable bonds is 2. The third-order valence-corrected chi connectivity index (χ3v) is 3.93. The molecule has 0 atom stereocenters. The lowest BCUT2D eigenvalue weighted by atomic mass is 9.87. The molecule has 1 saturated carbocycles. The highest BCUT2D eigenvalue weighted by Crippen LogP contribution is 2.45. The maximum atomic E-state index is 3.92. The van der Waals surface area contributed by atoms with E-state index in [1.54, 1.807) is 5.56 Å². The van der Waals surface area contributed by atoms with Crippen molar-refractivity contribution in [3.05, 3.63) is 40.0 Å². The Hall–Kier alpha value is -1.04. The molecule has 0 spiro atoms. The molecule has 0 radical (unpaired) electrons. The zero-order chi connectivity index (χ0) is 11.2. The molecule has 0 saturated heterocycles. The van der Waals surface area contributed by atoms with Gasteiger partial charge in [-0.05, 0) is 79.8 Å². The lowest BCUT2D eigenvalue weighted by molar-refractivity contribution is 1.04. The Morgan fingerprint density at radius 1 is 0.933 bits per heavy atom. The van der Waals surface area contributed by atoms with Crippen LogP contribution in [0.4, 0.5) is 0 Å². The first-order valence-electron chi connectivity index (χ1n) is 5.80. The Balaban J connectivity index is 2.72. The van der Waals surface area contributed by atoms with E-state index in [0.29, 0.717) is 0 Å². The summed E-state index contributed by atoms with van der Waals surface area (Å²) < 4.78 is 0. The average Bonchev–Trinajstić information content (AvgIpc) is 3.00. The van der Waals surface area contributed by atoms with E-state index in [4.69, 9.17) is 0 Å². The number of benzene rings is 1. The van der Waals surface area contributed by atoms with Gasteiger partial charge in [-0.3, -0.25) is 0 Å². The monoisotopic (exact) mass is 200 g/mol. The molecular formula is C15H20. The molecule has 0 nitrogen and oxygen atoms in total. The van der Waals surface area contributed by atoms with Gasteiger partial charge in [0.05, 0.1) is 0 Å². The Morgan fingerprint density at radius 3 is 1.73 bits per heavy atom. The first-order valence-corrected chi connectivity index (χ1v) is 5.80. The van der Waals surface area contributed by atoms with Crippen LogP contribution >= 0.6 is 0 Å². The molecule has 1 fully saturated rings. The van der Waals surface area contributed by atoms with Gasteiger partial charge in [0.25, 0.3) is 0 Å². The van der Waals surface area contributed by atoms with Crippen LogP contribution in [-0.2, 0) is 0 Å². The van der Waals surface area contributed by atoms with Crippen molar-refractivity contribution in [2.24, 2.45) is 0 Å². The second kappa shape index (κ2) is 3.52. The standard InChI is InChI=1S/C15H20/c1-6-14-9(2)11(4)15(13-7-8-13)12(5)10(14)3/h6,13H,1,7-8H2,2-5H3. The molecule has 1 aliphatic carbocycles. The van der Waals surface area contributed by atoms with Gasteiger partial charge in [-0.2, -0.15) is 0 Å². The molecule has 0 bridgehead atoms. The van der Waals surface area contributed by atoms with Crippen LogP contribution < -0.4 is 0 Å². The third-order valence-electron chi connectivity index (χ3n) is 3.93. The Labute approximate surface area is 93.0 Å². The van der Waals surface area contributed by atoms with E-state index in [-0.39, 0.29) is 0 Å². The van der Waals surface area contributed by atoms with Crippen LogP contribution in [0.2, 0.25) is 0 Å². The van der Waals surface area contributed by atoms with Crippen LogP contribution in [-0.4, -0.2) is 0 Å². The molecule has 1 aliphatic rings. The van der Waals surface area contributed by atoms with Gasteiger partial charge in [-0.1, -0.05) is 12.7 Å². The van der Waals surface area contributed by atoms with Gasteiger partial charge in [0.2, 0.25) is 0 Å². The van der Waals surface area contributed by atoms with Gasteiger partial charge in [0, 0.05) is 0 Å². The Morgan fingerprint density at radius 2 is 1.40 bits per heavy atom. The van der Waals surface area contributed by atoms with E-state index in [1.807, 2.05) is 6.08 Å². The van der Waals surface area contributed by atoms with Gasteiger partial charge in [0.1, 0.15) is 0 Å². The van der Waals surface area contributed by atoms with Crippen LogP contribution in [0.15, 0.2) is 6.58 Å². The second-order valence-electron chi connectivity index (χ2n) is 4.81. The Kier molecular flexibility index (Phi) is 2.46. The minimum Gasteiger partial charge on any atom is -0.0984 e. The lowest BCUT2D eigenvalue weighted by Gasteiger charge is -2.18. The molecule has 15 heavy (non-hydrogen) atoms. The molecule has 0 amide bonds. The minimum atomic E-state index is 0.848. The fourth-order valence-electron chi connectivity index (χ4n) is 2.66. The SMILES string of the molecule is C=Cc1c(C)c(C)c(C2CC2)c(C)c1C. The molecule has 0 heterocycles. The van der Waals surface area contributed by atoms with Crippen molar-refractivity contribution in [3.8, 4) is 0 Å². The largest absolute Gasteiger partial charge is 0.0984 e. The summed E-state index contributed by atoms with van der Waals surface area (Å²) in [5.41, 5.74) is 8.81. The number of hydrogen-bond donors (Lipinski definition) is 0. The first-order chi connectivity index (χ1) is 7.07. The first kappa shape index (κ1) is 10.5. The molecule has 0 aliphatic heterocycles. The summed E-state index contributed by atoms with van der Waals surface area (Å²) in [7, 11) is 0. The summed E-state index contributed by atoms with van der Waals surface area (Å²) in [6.45, 7) is 12.9. The van der Waals surface area contributed by atoms with Crippen molar-refractivity contribution in [1.82, 2.24) is 0 Å². The van der Waals surface area contributed by atoms with Crippen molar-refractivity contribution >= 4 is 6.08 Å². The molecule has 0 heteroatoms. The zero-order valence-electron chi connectivity index (χ0n) is 10.3. The second-order valence-corrected chi connectivity index (χ2v) is 4.81. The topological polar surface area (TPSA) is 0 Å². The highest BCUT2D eigenvalue weighted by molar-refractivity contribution is 5.63. The van der Waals surface area contributed by atoms with Gasteiger partial charge < -0.3 is 0 Å². The summed E-state index contributed by atoms with van der Waals surface area (Å²) in [5.74, 6) is 0.848. The quantitative estimate of drug-likeness (QED) is 0.662. The maximum absolute atomic E-state index is 3.92. The fourth-order valence-corrected chi connectivity index (χ4v) is 2.66. The van der Waals surface area contributed by atoms with E-state index in [2.05, 4.69) is 34.3 Å². The summed E-state index contributed by atoms with van der Waals surface area (Å²) in [6, 6.07) is 0. The normalized spacial score (nSPS) is 15.5. The third kappa shape index (κ3) is 1.52. The summed E-state index contributed by atoms with van der Waals surface area (Å²) >= 11 is 0. The van der Waals surface area contributed by atoms with Gasteiger partial charge >= 0.3 is 0 Å². The van der Waals surface area contributed by atoms with Crippen molar-refractivity contribution in [2.75, 3.05) is 0 Å². The van der Waals surface area contributed by atoms with Crippen LogP contribution in [0.25, 0.3) is 6.08 Å². The highest BCUT2D eigenvalue weighted by atomic mass is 14.3. The average molecular weight is 200 g/mol. The molecule has 1 aromatic carbocycles. The predicted octanol–water partition coefficient (Wildman–Crippen LogP) is 4.44. The van der Waals surface area contributed by atoms with Crippen molar-refractivity contribution in [3.63, 3.8) is 0 Å². The van der Waals surface area contributed by atoms with Gasteiger partial charge in [0.15, 0.2) is 0 Å². The molecule has 80 valence electrons. The van der Waals surface area contributed by atoms with Crippen LogP contribution in [0, 0.1) is 27.7 Å². The van der Waals surface area contributed by atoms with Crippen molar-refractivity contribution in [2.45, 2.75) is 46.5 Å². The van der Waals surface area contributed by atoms with E-state index < -0.39 is 0 Å². The van der Waals surface area contributed by atoms with Crippen molar-refractivity contribution < 1.29 is 0 Å². The van der Waals surface area contributed by atoms with E-state index in [0.717, 1.165) is 5.92 Å². The van der Waals surface area contributed by atoms with E-state index >= 15 is 0 Å². The zero-order valence-corrected chi connectivity index (χ0v) is 10.3. The lowest BCUT2D eigenvalue weighted by Crippen LogP contribution is -2.01. The molecule has 1 aromatic rings.